The Morgan fingerprint density at radius 2 is 2.15 bits per heavy atom. The average molecular weight is 347 g/mol. The lowest BCUT2D eigenvalue weighted by atomic mass is 10.1. The molecule has 130 valence electrons. The van der Waals surface area contributed by atoms with Crippen LogP contribution in [-0.4, -0.2) is 34.1 Å². The van der Waals surface area contributed by atoms with Gasteiger partial charge in [-0.05, 0) is 31.2 Å². The number of hydrogen-bond acceptors (Lipinski definition) is 5. The first-order valence-electron chi connectivity index (χ1n) is 8.26. The molecule has 0 saturated heterocycles. The molecule has 7 heteroatoms. The molecule has 4 rings (SSSR count). The molecule has 1 N–H and O–H groups in total. The lowest BCUT2D eigenvalue weighted by Crippen LogP contribution is -2.41. The van der Waals surface area contributed by atoms with E-state index in [1.165, 1.54) is 6.33 Å². The first-order chi connectivity index (χ1) is 12.7. The smallest absolute Gasteiger partial charge is 0.328 e. The summed E-state index contributed by atoms with van der Waals surface area (Å²) in [4.78, 5) is 26.8. The fourth-order valence-electron chi connectivity index (χ4n) is 2.80. The number of rotatable bonds is 2. The Kier molecular flexibility index (Phi) is 4.18. The van der Waals surface area contributed by atoms with Gasteiger partial charge in [0.05, 0.1) is 12.2 Å². The number of benzene rings is 1. The molecule has 0 fully saturated rings. The maximum atomic E-state index is 12.7. The SMILES string of the molecule is Cc1cccc(-c2ccc3c(n2)N(C(=O)Nc2ccncn2)CCO3)c1. The van der Waals surface area contributed by atoms with E-state index in [9.17, 15) is 4.79 Å². The van der Waals surface area contributed by atoms with Crippen LogP contribution in [0.1, 0.15) is 5.56 Å². The summed E-state index contributed by atoms with van der Waals surface area (Å²) in [6, 6.07) is 13.2. The number of hydrogen-bond donors (Lipinski definition) is 1. The highest BCUT2D eigenvalue weighted by Gasteiger charge is 2.26. The van der Waals surface area contributed by atoms with Gasteiger partial charge in [-0.2, -0.15) is 0 Å². The monoisotopic (exact) mass is 347 g/mol. The third-order valence-electron chi connectivity index (χ3n) is 4.04. The number of fused-ring (bicyclic) bond motifs is 1. The molecule has 0 bridgehead atoms. The Morgan fingerprint density at radius 3 is 2.96 bits per heavy atom. The number of aryl methyl sites for hydroxylation is 1. The minimum absolute atomic E-state index is 0.304. The second-order valence-electron chi connectivity index (χ2n) is 5.91. The summed E-state index contributed by atoms with van der Waals surface area (Å²) in [5.74, 6) is 1.53. The number of aromatic nitrogens is 3. The van der Waals surface area contributed by atoms with Crippen molar-refractivity contribution in [1.82, 2.24) is 15.0 Å². The standard InChI is InChI=1S/C19H17N5O2/c1-13-3-2-4-14(11-13)15-5-6-16-18(22-15)24(9-10-26-16)19(25)23-17-7-8-20-12-21-17/h2-8,11-12H,9-10H2,1H3,(H,20,21,23,25). The van der Waals surface area contributed by atoms with Crippen molar-refractivity contribution in [2.75, 3.05) is 23.4 Å². The molecule has 7 nitrogen and oxygen atoms in total. The Balaban J connectivity index is 1.66. The van der Waals surface area contributed by atoms with E-state index in [-0.39, 0.29) is 6.03 Å². The second-order valence-corrected chi connectivity index (χ2v) is 5.91. The van der Waals surface area contributed by atoms with Gasteiger partial charge in [-0.1, -0.05) is 23.8 Å². The molecule has 0 aliphatic carbocycles. The third-order valence-corrected chi connectivity index (χ3v) is 4.04. The maximum absolute atomic E-state index is 12.7. The average Bonchev–Trinajstić information content (AvgIpc) is 2.68. The van der Waals surface area contributed by atoms with Crippen molar-refractivity contribution in [3.8, 4) is 17.0 Å². The molecule has 0 saturated carbocycles. The van der Waals surface area contributed by atoms with Crippen LogP contribution < -0.4 is 15.0 Å². The summed E-state index contributed by atoms with van der Waals surface area (Å²) >= 11 is 0. The summed E-state index contributed by atoms with van der Waals surface area (Å²) in [7, 11) is 0. The Bertz CT molecular complexity index is 946. The minimum atomic E-state index is -0.304. The Hall–Kier alpha value is -3.48. The predicted molar refractivity (Wildman–Crippen MR) is 98.3 cm³/mol. The second kappa shape index (κ2) is 6.79. The van der Waals surface area contributed by atoms with Crippen molar-refractivity contribution < 1.29 is 9.53 Å². The summed E-state index contributed by atoms with van der Waals surface area (Å²) in [5, 5.41) is 2.76. The number of carbonyl (C=O) groups excluding carboxylic acids is 1. The molecule has 0 radical (unpaired) electrons. The lowest BCUT2D eigenvalue weighted by Gasteiger charge is -2.28. The van der Waals surface area contributed by atoms with Crippen LogP contribution in [0.4, 0.5) is 16.4 Å². The zero-order valence-electron chi connectivity index (χ0n) is 14.2. The number of ether oxygens (including phenoxy) is 1. The minimum Gasteiger partial charge on any atom is -0.488 e. The van der Waals surface area contributed by atoms with E-state index in [2.05, 4.69) is 26.3 Å². The first kappa shape index (κ1) is 16.0. The molecule has 3 heterocycles. The maximum Gasteiger partial charge on any atom is 0.328 e. The topological polar surface area (TPSA) is 80.2 Å². The van der Waals surface area contributed by atoms with Gasteiger partial charge in [-0.3, -0.25) is 10.2 Å². The zero-order chi connectivity index (χ0) is 17.9. The molecule has 1 aliphatic rings. The largest absolute Gasteiger partial charge is 0.488 e. The van der Waals surface area contributed by atoms with Crippen LogP contribution in [0.15, 0.2) is 55.0 Å². The number of carbonyl (C=O) groups is 1. The van der Waals surface area contributed by atoms with Gasteiger partial charge >= 0.3 is 6.03 Å². The molecule has 0 spiro atoms. The molecule has 2 aromatic heterocycles. The number of pyridine rings is 1. The third kappa shape index (κ3) is 3.19. The van der Waals surface area contributed by atoms with E-state index in [1.807, 2.05) is 37.3 Å². The van der Waals surface area contributed by atoms with Crippen LogP contribution in [0.3, 0.4) is 0 Å². The fraction of sp³-hybridized carbons (Fsp3) is 0.158. The van der Waals surface area contributed by atoms with Crippen LogP contribution >= 0.6 is 0 Å². The lowest BCUT2D eigenvalue weighted by molar-refractivity contribution is 0.249. The highest BCUT2D eigenvalue weighted by molar-refractivity contribution is 6.01. The molecule has 26 heavy (non-hydrogen) atoms. The Labute approximate surface area is 150 Å². The molecule has 0 atom stereocenters. The first-order valence-corrected chi connectivity index (χ1v) is 8.26. The number of urea groups is 1. The van der Waals surface area contributed by atoms with Gasteiger partial charge in [-0.15, -0.1) is 0 Å². The zero-order valence-corrected chi connectivity index (χ0v) is 14.2. The van der Waals surface area contributed by atoms with Crippen molar-refractivity contribution in [2.24, 2.45) is 0 Å². The number of anilines is 2. The van der Waals surface area contributed by atoms with Crippen molar-refractivity contribution in [3.63, 3.8) is 0 Å². The van der Waals surface area contributed by atoms with Crippen LogP contribution in [0.5, 0.6) is 5.75 Å². The summed E-state index contributed by atoms with van der Waals surface area (Å²) in [5.41, 5.74) is 2.93. The van der Waals surface area contributed by atoms with E-state index in [0.717, 1.165) is 16.8 Å². The van der Waals surface area contributed by atoms with Crippen molar-refractivity contribution in [3.05, 3.63) is 60.6 Å². The molecule has 2 amide bonds. The molecule has 0 unspecified atom stereocenters. The van der Waals surface area contributed by atoms with E-state index in [4.69, 9.17) is 4.74 Å². The van der Waals surface area contributed by atoms with Gasteiger partial charge in [0, 0.05) is 11.8 Å². The summed E-state index contributed by atoms with van der Waals surface area (Å²) in [6.07, 6.45) is 2.96. The number of nitrogens with one attached hydrogen (secondary N) is 1. The highest BCUT2D eigenvalue weighted by Crippen LogP contribution is 2.33. The summed E-state index contributed by atoms with van der Waals surface area (Å²) in [6.45, 7) is 2.86. The van der Waals surface area contributed by atoms with Crippen LogP contribution in [0, 0.1) is 6.92 Å². The number of nitrogens with zero attached hydrogens (tertiary/aromatic N) is 4. The van der Waals surface area contributed by atoms with Crippen molar-refractivity contribution >= 4 is 17.7 Å². The highest BCUT2D eigenvalue weighted by atomic mass is 16.5. The van der Waals surface area contributed by atoms with E-state index < -0.39 is 0 Å². The van der Waals surface area contributed by atoms with Gasteiger partial charge in [-0.25, -0.2) is 19.7 Å². The predicted octanol–water partition coefficient (Wildman–Crippen LogP) is 3.28. The molecule has 1 aliphatic heterocycles. The molecular weight excluding hydrogens is 330 g/mol. The number of amides is 2. The van der Waals surface area contributed by atoms with Crippen LogP contribution in [-0.2, 0) is 0 Å². The summed E-state index contributed by atoms with van der Waals surface area (Å²) < 4.78 is 5.66. The van der Waals surface area contributed by atoms with Crippen molar-refractivity contribution in [1.29, 1.82) is 0 Å². The van der Waals surface area contributed by atoms with Gasteiger partial charge in [0.15, 0.2) is 11.6 Å². The van der Waals surface area contributed by atoms with E-state index >= 15 is 0 Å². The van der Waals surface area contributed by atoms with Gasteiger partial charge in [0.25, 0.3) is 0 Å². The molecule has 3 aromatic rings. The fourth-order valence-corrected chi connectivity index (χ4v) is 2.80. The van der Waals surface area contributed by atoms with Gasteiger partial charge in [0.2, 0.25) is 0 Å². The van der Waals surface area contributed by atoms with E-state index in [1.54, 1.807) is 17.2 Å². The normalized spacial score (nSPS) is 12.9. The van der Waals surface area contributed by atoms with Crippen LogP contribution in [0.2, 0.25) is 0 Å². The molecule has 1 aromatic carbocycles. The Morgan fingerprint density at radius 1 is 1.23 bits per heavy atom. The van der Waals surface area contributed by atoms with E-state index in [0.29, 0.717) is 30.5 Å². The quantitative estimate of drug-likeness (QED) is 0.769. The van der Waals surface area contributed by atoms with Crippen LogP contribution in [0.25, 0.3) is 11.3 Å². The van der Waals surface area contributed by atoms with Crippen molar-refractivity contribution in [2.45, 2.75) is 6.92 Å². The van der Waals surface area contributed by atoms with Gasteiger partial charge in [0.1, 0.15) is 18.8 Å². The molecular formula is C19H17N5O2. The van der Waals surface area contributed by atoms with Gasteiger partial charge < -0.3 is 4.74 Å².